The highest BCUT2D eigenvalue weighted by atomic mass is 16.5. The lowest BCUT2D eigenvalue weighted by molar-refractivity contribution is -0.151. The normalized spacial score (nSPS) is 14.5. The van der Waals surface area contributed by atoms with Crippen LogP contribution in [0.15, 0.2) is 0 Å². The van der Waals surface area contributed by atoms with Crippen LogP contribution in [0.5, 0.6) is 0 Å². The first-order chi connectivity index (χ1) is 7.60. The lowest BCUT2D eigenvalue weighted by Crippen LogP contribution is -2.50. The molecule has 0 saturated carbocycles. The number of carbonyl (C=O) groups is 1. The predicted octanol–water partition coefficient (Wildman–Crippen LogP) is 1.73. The van der Waals surface area contributed by atoms with Gasteiger partial charge in [-0.15, -0.1) is 0 Å². The van der Waals surface area contributed by atoms with Gasteiger partial charge < -0.3 is 14.8 Å². The minimum Gasteiger partial charge on any atom is -0.465 e. The van der Waals surface area contributed by atoms with Gasteiger partial charge in [0, 0.05) is 13.2 Å². The molecular formula is C12H25NO3. The van der Waals surface area contributed by atoms with Crippen molar-refractivity contribution in [3.8, 4) is 0 Å². The Morgan fingerprint density at radius 1 is 1.25 bits per heavy atom. The quantitative estimate of drug-likeness (QED) is 0.485. The van der Waals surface area contributed by atoms with Crippen LogP contribution in [0.25, 0.3) is 0 Å². The van der Waals surface area contributed by atoms with E-state index < -0.39 is 5.54 Å². The van der Waals surface area contributed by atoms with Gasteiger partial charge in [-0.05, 0) is 40.2 Å². The van der Waals surface area contributed by atoms with Gasteiger partial charge in [0.2, 0.25) is 0 Å². The molecular weight excluding hydrogens is 206 g/mol. The van der Waals surface area contributed by atoms with Crippen molar-refractivity contribution < 1.29 is 14.3 Å². The Kier molecular flexibility index (Phi) is 8.21. The molecule has 0 amide bonds. The Balaban J connectivity index is 4.15. The summed E-state index contributed by atoms with van der Waals surface area (Å²) in [5.41, 5.74) is -0.581. The highest BCUT2D eigenvalue weighted by molar-refractivity contribution is 5.80. The van der Waals surface area contributed by atoms with Crippen molar-refractivity contribution in [2.45, 2.75) is 46.1 Å². The Bertz CT molecular complexity index is 197. The van der Waals surface area contributed by atoms with E-state index in [4.69, 9.17) is 9.47 Å². The molecule has 0 aliphatic rings. The van der Waals surface area contributed by atoms with Crippen LogP contribution in [0, 0.1) is 0 Å². The highest BCUT2D eigenvalue weighted by Crippen LogP contribution is 2.14. The van der Waals surface area contributed by atoms with Crippen molar-refractivity contribution in [1.29, 1.82) is 0 Å². The molecule has 4 nitrogen and oxygen atoms in total. The molecule has 0 bridgehead atoms. The van der Waals surface area contributed by atoms with Crippen LogP contribution >= 0.6 is 0 Å². The van der Waals surface area contributed by atoms with Gasteiger partial charge in [0.25, 0.3) is 0 Å². The van der Waals surface area contributed by atoms with Crippen molar-refractivity contribution >= 4 is 5.97 Å². The maximum atomic E-state index is 11.8. The third-order valence-corrected chi connectivity index (χ3v) is 2.46. The molecule has 1 N–H and O–H groups in total. The number of ether oxygens (including phenoxy) is 2. The molecule has 0 aliphatic carbocycles. The number of nitrogens with one attached hydrogen (secondary N) is 1. The van der Waals surface area contributed by atoms with Gasteiger partial charge >= 0.3 is 5.97 Å². The summed E-state index contributed by atoms with van der Waals surface area (Å²) in [7, 11) is 0. The van der Waals surface area contributed by atoms with Crippen LogP contribution in [0.4, 0.5) is 0 Å². The molecule has 0 fully saturated rings. The molecule has 0 spiro atoms. The van der Waals surface area contributed by atoms with Crippen LogP contribution in [0.1, 0.15) is 40.5 Å². The van der Waals surface area contributed by atoms with Crippen molar-refractivity contribution in [3.05, 3.63) is 0 Å². The first-order valence-corrected chi connectivity index (χ1v) is 6.10. The van der Waals surface area contributed by atoms with Gasteiger partial charge in [0.1, 0.15) is 5.54 Å². The minimum absolute atomic E-state index is 0.173. The SMILES string of the molecule is CCNC(C)(CCCOCC)C(=O)OCC. The van der Waals surface area contributed by atoms with E-state index in [0.29, 0.717) is 13.2 Å². The summed E-state index contributed by atoms with van der Waals surface area (Å²) in [5, 5.41) is 3.19. The van der Waals surface area contributed by atoms with Crippen LogP contribution in [0.2, 0.25) is 0 Å². The maximum Gasteiger partial charge on any atom is 0.326 e. The average Bonchev–Trinajstić information content (AvgIpc) is 2.25. The predicted molar refractivity (Wildman–Crippen MR) is 64.4 cm³/mol. The van der Waals surface area contributed by atoms with Gasteiger partial charge in [0.05, 0.1) is 6.61 Å². The first-order valence-electron chi connectivity index (χ1n) is 6.10. The van der Waals surface area contributed by atoms with Gasteiger partial charge in [-0.2, -0.15) is 0 Å². The molecule has 0 aliphatic heterocycles. The fourth-order valence-electron chi connectivity index (χ4n) is 1.62. The monoisotopic (exact) mass is 231 g/mol. The molecule has 96 valence electrons. The zero-order valence-corrected chi connectivity index (χ0v) is 11.0. The van der Waals surface area contributed by atoms with Gasteiger partial charge in [-0.3, -0.25) is 4.79 Å². The van der Waals surface area contributed by atoms with E-state index in [0.717, 1.165) is 26.0 Å². The Morgan fingerprint density at radius 2 is 1.94 bits per heavy atom. The van der Waals surface area contributed by atoms with Crippen molar-refractivity contribution in [3.63, 3.8) is 0 Å². The fraction of sp³-hybridized carbons (Fsp3) is 0.917. The summed E-state index contributed by atoms with van der Waals surface area (Å²) in [5.74, 6) is -0.173. The number of carbonyl (C=O) groups excluding carboxylic acids is 1. The number of likely N-dealkylation sites (N-methyl/N-ethyl adjacent to an activating group) is 1. The van der Waals surface area contributed by atoms with Gasteiger partial charge in [-0.1, -0.05) is 6.92 Å². The van der Waals surface area contributed by atoms with E-state index in [1.165, 1.54) is 0 Å². The number of hydrogen-bond acceptors (Lipinski definition) is 4. The second kappa shape index (κ2) is 8.53. The molecule has 0 aromatic heterocycles. The first kappa shape index (κ1) is 15.4. The summed E-state index contributed by atoms with van der Waals surface area (Å²) >= 11 is 0. The Morgan fingerprint density at radius 3 is 2.44 bits per heavy atom. The second-order valence-corrected chi connectivity index (χ2v) is 3.88. The summed E-state index contributed by atoms with van der Waals surface area (Å²) in [6.45, 7) is 10.3. The Labute approximate surface area is 98.7 Å². The van der Waals surface area contributed by atoms with Crippen molar-refractivity contribution in [2.75, 3.05) is 26.4 Å². The van der Waals surface area contributed by atoms with Crippen molar-refractivity contribution in [1.82, 2.24) is 5.32 Å². The molecule has 0 rings (SSSR count). The number of hydrogen-bond donors (Lipinski definition) is 1. The maximum absolute atomic E-state index is 11.8. The zero-order chi connectivity index (χ0) is 12.4. The van der Waals surface area contributed by atoms with Crippen LogP contribution < -0.4 is 5.32 Å². The topological polar surface area (TPSA) is 47.6 Å². The second-order valence-electron chi connectivity index (χ2n) is 3.88. The summed E-state index contributed by atoms with van der Waals surface area (Å²) in [4.78, 5) is 11.8. The van der Waals surface area contributed by atoms with E-state index in [1.807, 2.05) is 27.7 Å². The Hall–Kier alpha value is -0.610. The summed E-state index contributed by atoms with van der Waals surface area (Å²) in [6.07, 6.45) is 1.59. The number of rotatable bonds is 9. The van der Waals surface area contributed by atoms with E-state index in [1.54, 1.807) is 0 Å². The third kappa shape index (κ3) is 5.47. The van der Waals surface area contributed by atoms with Gasteiger partial charge in [-0.25, -0.2) is 0 Å². The summed E-state index contributed by atoms with van der Waals surface area (Å²) < 4.78 is 10.3. The lowest BCUT2D eigenvalue weighted by atomic mass is 9.96. The fourth-order valence-corrected chi connectivity index (χ4v) is 1.62. The van der Waals surface area contributed by atoms with E-state index in [2.05, 4.69) is 5.32 Å². The standard InChI is InChI=1S/C12H25NO3/c1-5-13-12(4,11(14)16-7-3)9-8-10-15-6-2/h13H,5-10H2,1-4H3. The van der Waals surface area contributed by atoms with Crippen LogP contribution in [-0.4, -0.2) is 37.9 Å². The van der Waals surface area contributed by atoms with E-state index in [-0.39, 0.29) is 5.97 Å². The highest BCUT2D eigenvalue weighted by Gasteiger charge is 2.32. The summed E-state index contributed by atoms with van der Waals surface area (Å²) in [6, 6.07) is 0. The number of esters is 1. The van der Waals surface area contributed by atoms with E-state index in [9.17, 15) is 4.79 Å². The largest absolute Gasteiger partial charge is 0.465 e. The molecule has 16 heavy (non-hydrogen) atoms. The molecule has 4 heteroatoms. The average molecular weight is 231 g/mol. The zero-order valence-electron chi connectivity index (χ0n) is 11.0. The smallest absolute Gasteiger partial charge is 0.326 e. The molecule has 0 saturated heterocycles. The van der Waals surface area contributed by atoms with E-state index >= 15 is 0 Å². The molecule has 0 aromatic carbocycles. The molecule has 0 radical (unpaired) electrons. The minimum atomic E-state index is -0.581. The molecule has 0 heterocycles. The molecule has 0 aromatic rings. The van der Waals surface area contributed by atoms with Crippen LogP contribution in [-0.2, 0) is 14.3 Å². The van der Waals surface area contributed by atoms with Crippen LogP contribution in [0.3, 0.4) is 0 Å². The third-order valence-electron chi connectivity index (χ3n) is 2.46. The molecule has 1 atom stereocenters. The van der Waals surface area contributed by atoms with Crippen molar-refractivity contribution in [2.24, 2.45) is 0 Å². The van der Waals surface area contributed by atoms with Gasteiger partial charge in [0.15, 0.2) is 0 Å². The lowest BCUT2D eigenvalue weighted by Gasteiger charge is -2.28. The molecule has 1 unspecified atom stereocenters.